The van der Waals surface area contributed by atoms with Gasteiger partial charge in [0.15, 0.2) is 5.82 Å². The van der Waals surface area contributed by atoms with E-state index in [1.165, 1.54) is 22.3 Å². The maximum absolute atomic E-state index is 12.2. The normalized spacial score (nSPS) is 11.6. The molecule has 1 atom stereocenters. The lowest BCUT2D eigenvalue weighted by Crippen LogP contribution is -2.28. The first-order chi connectivity index (χ1) is 11.0. The average Bonchev–Trinajstić information content (AvgIpc) is 3.17. The van der Waals surface area contributed by atoms with E-state index in [4.69, 9.17) is 11.6 Å². The molecule has 0 saturated heterocycles. The zero-order chi connectivity index (χ0) is 16.4. The number of aryl methyl sites for hydroxylation is 1. The molecule has 0 fully saturated rings. The van der Waals surface area contributed by atoms with Gasteiger partial charge < -0.3 is 5.32 Å². The summed E-state index contributed by atoms with van der Waals surface area (Å²) in [6, 6.07) is 1.26. The molecule has 0 aliphatic rings. The number of hydrogen-bond donors (Lipinski definition) is 1. The van der Waals surface area contributed by atoms with Gasteiger partial charge in [-0.15, -0.1) is 11.3 Å². The van der Waals surface area contributed by atoms with Crippen LogP contribution in [0.15, 0.2) is 30.2 Å². The third-order valence-electron chi connectivity index (χ3n) is 3.10. The van der Waals surface area contributed by atoms with Gasteiger partial charge in [0.1, 0.15) is 6.33 Å². The summed E-state index contributed by atoms with van der Waals surface area (Å²) < 4.78 is 2.07. The fourth-order valence-corrected chi connectivity index (χ4v) is 2.83. The summed E-state index contributed by atoms with van der Waals surface area (Å²) in [5.41, 5.74) is 1.47. The molecule has 0 aliphatic carbocycles. The third kappa shape index (κ3) is 3.92. The Morgan fingerprint density at radius 2 is 2.04 bits per heavy atom. The molecule has 1 amide bonds. The standard InChI is InChI=1S/C14H13ClN6OS.H2S/c1-8-4-16-14(17-5-8)21-12(18-7-19-21)9(2)20-13(22)10-3-11(15)23-6-10;/h3-7,9H,1-2H3,(H,20,22);1H2/t9-;/m1./s1. The van der Waals surface area contributed by atoms with Crippen LogP contribution in [0.2, 0.25) is 4.34 Å². The van der Waals surface area contributed by atoms with E-state index in [2.05, 4.69) is 25.4 Å². The van der Waals surface area contributed by atoms with Gasteiger partial charge in [0, 0.05) is 17.8 Å². The van der Waals surface area contributed by atoms with Gasteiger partial charge in [-0.2, -0.15) is 23.3 Å². The molecule has 0 aromatic carbocycles. The highest BCUT2D eigenvalue weighted by atomic mass is 35.5. The molecule has 0 saturated carbocycles. The van der Waals surface area contributed by atoms with Crippen LogP contribution in [0.25, 0.3) is 5.95 Å². The topological polar surface area (TPSA) is 85.6 Å². The predicted molar refractivity (Wildman–Crippen MR) is 97.3 cm³/mol. The Morgan fingerprint density at radius 3 is 2.67 bits per heavy atom. The van der Waals surface area contributed by atoms with Gasteiger partial charge in [-0.3, -0.25) is 4.79 Å². The minimum Gasteiger partial charge on any atom is -0.342 e. The van der Waals surface area contributed by atoms with Crippen molar-refractivity contribution in [3.05, 3.63) is 51.5 Å². The second-order valence-corrected chi connectivity index (χ2v) is 6.47. The summed E-state index contributed by atoms with van der Waals surface area (Å²) in [4.78, 5) is 24.9. The summed E-state index contributed by atoms with van der Waals surface area (Å²) in [6.07, 6.45) is 4.80. The zero-order valence-corrected chi connectivity index (χ0v) is 15.5. The van der Waals surface area contributed by atoms with Crippen molar-refractivity contribution in [3.63, 3.8) is 0 Å². The van der Waals surface area contributed by atoms with E-state index >= 15 is 0 Å². The summed E-state index contributed by atoms with van der Waals surface area (Å²) in [6.45, 7) is 3.72. The van der Waals surface area contributed by atoms with E-state index in [0.29, 0.717) is 21.7 Å². The highest BCUT2D eigenvalue weighted by molar-refractivity contribution is 7.59. The van der Waals surface area contributed by atoms with E-state index in [1.807, 2.05) is 13.8 Å². The van der Waals surface area contributed by atoms with E-state index in [-0.39, 0.29) is 25.4 Å². The maximum Gasteiger partial charge on any atom is 0.252 e. The molecule has 1 N–H and O–H groups in total. The van der Waals surface area contributed by atoms with Crippen LogP contribution in [0.3, 0.4) is 0 Å². The number of aromatic nitrogens is 5. The van der Waals surface area contributed by atoms with Crippen LogP contribution in [0.1, 0.15) is 34.7 Å². The van der Waals surface area contributed by atoms with Crippen LogP contribution in [0.4, 0.5) is 0 Å². The molecule has 0 bridgehead atoms. The number of nitrogens with zero attached hydrogens (tertiary/aromatic N) is 5. The Hall–Kier alpha value is -1.97. The number of rotatable bonds is 4. The molecule has 0 unspecified atom stereocenters. The van der Waals surface area contributed by atoms with Crippen molar-refractivity contribution in [1.29, 1.82) is 0 Å². The van der Waals surface area contributed by atoms with E-state index in [0.717, 1.165) is 5.56 Å². The van der Waals surface area contributed by atoms with Gasteiger partial charge >= 0.3 is 0 Å². The number of carbonyl (C=O) groups is 1. The predicted octanol–water partition coefficient (Wildman–Crippen LogP) is 2.68. The molecule has 7 nitrogen and oxygen atoms in total. The minimum atomic E-state index is -0.367. The van der Waals surface area contributed by atoms with Gasteiger partial charge in [0.25, 0.3) is 11.9 Å². The fraction of sp³-hybridized carbons (Fsp3) is 0.214. The Morgan fingerprint density at radius 1 is 1.33 bits per heavy atom. The number of nitrogens with one attached hydrogen (secondary N) is 1. The lowest BCUT2D eigenvalue weighted by molar-refractivity contribution is 0.0938. The molecule has 0 radical (unpaired) electrons. The summed E-state index contributed by atoms with van der Waals surface area (Å²) >= 11 is 7.16. The minimum absolute atomic E-state index is 0. The molecule has 0 aliphatic heterocycles. The molecular formula is C14H15ClN6OS2. The van der Waals surface area contributed by atoms with Crippen molar-refractivity contribution in [1.82, 2.24) is 30.0 Å². The molecule has 0 spiro atoms. The van der Waals surface area contributed by atoms with Crippen molar-refractivity contribution < 1.29 is 4.79 Å². The van der Waals surface area contributed by atoms with Crippen LogP contribution in [0.5, 0.6) is 0 Å². The van der Waals surface area contributed by atoms with Crippen molar-refractivity contribution in [2.75, 3.05) is 0 Å². The quantitative estimate of drug-likeness (QED) is 0.749. The summed E-state index contributed by atoms with van der Waals surface area (Å²) in [7, 11) is 0. The second kappa shape index (κ2) is 7.73. The van der Waals surface area contributed by atoms with Crippen LogP contribution in [-0.4, -0.2) is 30.6 Å². The molecule has 3 rings (SSSR count). The van der Waals surface area contributed by atoms with E-state index in [9.17, 15) is 4.79 Å². The molecule has 24 heavy (non-hydrogen) atoms. The molecule has 3 aromatic rings. The lowest BCUT2D eigenvalue weighted by Gasteiger charge is -2.13. The largest absolute Gasteiger partial charge is 0.342 e. The van der Waals surface area contributed by atoms with Crippen molar-refractivity contribution in [3.8, 4) is 5.95 Å². The highest BCUT2D eigenvalue weighted by Gasteiger charge is 2.19. The molecule has 3 aromatic heterocycles. The SMILES string of the molecule is Cc1cnc(-n2ncnc2[C@@H](C)NC(=O)c2csc(Cl)c2)nc1.S. The van der Waals surface area contributed by atoms with Crippen molar-refractivity contribution >= 4 is 42.3 Å². The highest BCUT2D eigenvalue weighted by Crippen LogP contribution is 2.20. The number of halogens is 1. The number of carbonyl (C=O) groups excluding carboxylic acids is 1. The Labute approximate surface area is 154 Å². The third-order valence-corrected chi connectivity index (χ3v) is 4.19. The first-order valence-electron chi connectivity index (χ1n) is 6.78. The van der Waals surface area contributed by atoms with Crippen LogP contribution in [0, 0.1) is 6.92 Å². The molecule has 126 valence electrons. The molecular weight excluding hydrogens is 368 g/mol. The summed E-state index contributed by atoms with van der Waals surface area (Å²) in [5, 5.41) is 8.70. The number of thiophene rings is 1. The van der Waals surface area contributed by atoms with Gasteiger partial charge in [0.2, 0.25) is 0 Å². The van der Waals surface area contributed by atoms with Crippen molar-refractivity contribution in [2.45, 2.75) is 19.9 Å². The number of amides is 1. The first-order valence-corrected chi connectivity index (χ1v) is 8.04. The Bertz CT molecular complexity index is 832. The Kier molecular flexibility index (Phi) is 5.92. The van der Waals surface area contributed by atoms with E-state index < -0.39 is 0 Å². The first kappa shape index (κ1) is 18.4. The van der Waals surface area contributed by atoms with Crippen LogP contribution in [-0.2, 0) is 0 Å². The maximum atomic E-state index is 12.2. The van der Waals surface area contributed by atoms with Gasteiger partial charge in [-0.05, 0) is 25.5 Å². The molecule has 10 heteroatoms. The van der Waals surface area contributed by atoms with Crippen LogP contribution < -0.4 is 5.32 Å². The fourth-order valence-electron chi connectivity index (χ4n) is 1.97. The monoisotopic (exact) mass is 382 g/mol. The van der Waals surface area contributed by atoms with Gasteiger partial charge in [-0.25, -0.2) is 15.0 Å². The van der Waals surface area contributed by atoms with Gasteiger partial charge in [-0.1, -0.05) is 11.6 Å². The smallest absolute Gasteiger partial charge is 0.252 e. The average molecular weight is 383 g/mol. The number of hydrogen-bond acceptors (Lipinski definition) is 6. The lowest BCUT2D eigenvalue weighted by atomic mass is 10.2. The van der Waals surface area contributed by atoms with E-state index in [1.54, 1.807) is 23.8 Å². The second-order valence-electron chi connectivity index (χ2n) is 4.93. The van der Waals surface area contributed by atoms with Crippen LogP contribution >= 0.6 is 36.4 Å². The molecule has 3 heterocycles. The summed E-state index contributed by atoms with van der Waals surface area (Å²) in [5.74, 6) is 0.728. The Balaban J connectivity index is 0.00000208. The van der Waals surface area contributed by atoms with Crippen molar-refractivity contribution in [2.24, 2.45) is 0 Å². The zero-order valence-electron chi connectivity index (χ0n) is 12.9. The van der Waals surface area contributed by atoms with Gasteiger partial charge in [0.05, 0.1) is 15.9 Å².